The number of hydrogen-bond donors (Lipinski definition) is 2. The van der Waals surface area contributed by atoms with Gasteiger partial charge in [-0.05, 0) is 55.7 Å². The van der Waals surface area contributed by atoms with Crippen LogP contribution in [0.1, 0.15) is 19.3 Å². The lowest BCUT2D eigenvalue weighted by atomic mass is 10.1. The minimum atomic E-state index is -0.476. The van der Waals surface area contributed by atoms with E-state index in [0.29, 0.717) is 29.8 Å². The number of nitrogens with zero attached hydrogens (tertiary/aromatic N) is 4. The molecular weight excluding hydrogens is 399 g/mol. The number of nitrogens with one attached hydrogen (secondary N) is 2. The van der Waals surface area contributed by atoms with Crippen LogP contribution in [0.3, 0.4) is 0 Å². The van der Waals surface area contributed by atoms with Crippen molar-refractivity contribution in [2.75, 3.05) is 19.0 Å². The van der Waals surface area contributed by atoms with Crippen molar-refractivity contribution in [3.05, 3.63) is 48.3 Å². The summed E-state index contributed by atoms with van der Waals surface area (Å²) in [6, 6.07) is 11.6. The monoisotopic (exact) mass is 420 g/mol. The largest absolute Gasteiger partial charge is 0.497 e. The van der Waals surface area contributed by atoms with Crippen LogP contribution in [0.2, 0.25) is 0 Å². The highest BCUT2D eigenvalue weighted by molar-refractivity contribution is 5.93. The highest BCUT2D eigenvalue weighted by Gasteiger charge is 2.24. The fourth-order valence-electron chi connectivity index (χ4n) is 3.79. The van der Waals surface area contributed by atoms with Gasteiger partial charge in [0.1, 0.15) is 23.1 Å². The fourth-order valence-corrected chi connectivity index (χ4v) is 3.79. The molecule has 3 heterocycles. The second-order valence-corrected chi connectivity index (χ2v) is 7.45. The van der Waals surface area contributed by atoms with Gasteiger partial charge in [0.05, 0.1) is 7.11 Å². The fraction of sp³-hybridized carbons (Fsp3) is 0.273. The number of halogens is 1. The molecule has 5 rings (SSSR count). The van der Waals surface area contributed by atoms with Crippen molar-refractivity contribution in [3.8, 4) is 17.1 Å². The Hall–Kier alpha value is -3.75. The van der Waals surface area contributed by atoms with E-state index in [1.165, 1.54) is 6.07 Å². The smallest absolute Gasteiger partial charge is 0.242 e. The molecule has 8 nitrogen and oxygen atoms in total. The van der Waals surface area contributed by atoms with E-state index in [1.807, 2.05) is 24.3 Å². The van der Waals surface area contributed by atoms with Crippen LogP contribution in [-0.4, -0.2) is 45.2 Å². The molecule has 1 fully saturated rings. The molecule has 0 spiro atoms. The molecule has 0 saturated carbocycles. The van der Waals surface area contributed by atoms with E-state index in [1.54, 1.807) is 23.8 Å². The maximum Gasteiger partial charge on any atom is 0.242 e. The molecule has 2 N–H and O–H groups in total. The summed E-state index contributed by atoms with van der Waals surface area (Å²) in [5.74, 6) is 0.916. The summed E-state index contributed by atoms with van der Waals surface area (Å²) >= 11 is 0. The first-order chi connectivity index (χ1) is 15.1. The minimum Gasteiger partial charge on any atom is -0.497 e. The molecule has 0 unspecified atom stereocenters. The number of amides is 1. The summed E-state index contributed by atoms with van der Waals surface area (Å²) in [5, 5.41) is 11.2. The third-order valence-electron chi connectivity index (χ3n) is 5.44. The molecule has 1 aliphatic rings. The van der Waals surface area contributed by atoms with Crippen molar-refractivity contribution < 1.29 is 13.9 Å². The first-order valence-electron chi connectivity index (χ1n) is 10.2. The molecular formula is C22H21FN6O2. The number of rotatable bonds is 4. The molecule has 4 aromatic rings. The zero-order chi connectivity index (χ0) is 21.4. The quantitative estimate of drug-likeness (QED) is 0.527. The van der Waals surface area contributed by atoms with E-state index < -0.39 is 11.9 Å². The molecule has 2 aromatic carbocycles. The van der Waals surface area contributed by atoms with E-state index >= 15 is 0 Å². The SMILES string of the molecule is COc1ccc(-c2nc3c4cccc(F)c4nc(N[C@@H]4CCCCNC4=O)n3n2)cc1. The summed E-state index contributed by atoms with van der Waals surface area (Å²) in [6.45, 7) is 0.650. The van der Waals surface area contributed by atoms with E-state index in [4.69, 9.17) is 4.74 Å². The van der Waals surface area contributed by atoms with E-state index in [-0.39, 0.29) is 17.4 Å². The van der Waals surface area contributed by atoms with Crippen LogP contribution in [0.25, 0.3) is 27.9 Å². The number of carbonyl (C=O) groups excluding carboxylic acids is 1. The summed E-state index contributed by atoms with van der Waals surface area (Å²) in [4.78, 5) is 21.6. The van der Waals surface area contributed by atoms with E-state index in [0.717, 1.165) is 24.2 Å². The molecule has 0 bridgehead atoms. The van der Waals surface area contributed by atoms with Gasteiger partial charge in [-0.1, -0.05) is 6.07 Å². The average Bonchev–Trinajstić information content (AvgIpc) is 3.15. The number of anilines is 1. The summed E-state index contributed by atoms with van der Waals surface area (Å²) in [7, 11) is 1.60. The van der Waals surface area contributed by atoms with Gasteiger partial charge in [0.15, 0.2) is 11.5 Å². The van der Waals surface area contributed by atoms with E-state index in [2.05, 4.69) is 25.7 Å². The Bertz CT molecular complexity index is 1270. The molecule has 1 atom stereocenters. The number of para-hydroxylation sites is 1. The Kier molecular flexibility index (Phi) is 4.85. The maximum absolute atomic E-state index is 14.6. The number of fused-ring (bicyclic) bond motifs is 3. The molecule has 1 saturated heterocycles. The standard InChI is InChI=1S/C22H21FN6O2/c1-31-14-10-8-13(9-11-14)19-27-20-15-5-4-6-16(23)18(15)26-22(29(20)28-19)25-17-7-2-3-12-24-21(17)30/h4-6,8-11,17H,2-3,7,12H2,1H3,(H,24,30)(H,25,26)/t17-/m1/s1. The number of ether oxygens (including phenoxy) is 1. The predicted octanol–water partition coefficient (Wildman–Crippen LogP) is 3.17. The highest BCUT2D eigenvalue weighted by Crippen LogP contribution is 2.27. The minimum absolute atomic E-state index is 0.100. The molecule has 0 aliphatic carbocycles. The Morgan fingerprint density at radius 2 is 2.00 bits per heavy atom. The number of methoxy groups -OCH3 is 1. The highest BCUT2D eigenvalue weighted by atomic mass is 19.1. The van der Waals surface area contributed by atoms with Gasteiger partial charge >= 0.3 is 0 Å². The molecule has 31 heavy (non-hydrogen) atoms. The number of benzene rings is 2. The van der Waals surface area contributed by atoms with Crippen LogP contribution < -0.4 is 15.4 Å². The van der Waals surface area contributed by atoms with Gasteiger partial charge in [0, 0.05) is 17.5 Å². The lowest BCUT2D eigenvalue weighted by molar-refractivity contribution is -0.121. The predicted molar refractivity (Wildman–Crippen MR) is 115 cm³/mol. The third-order valence-corrected chi connectivity index (χ3v) is 5.44. The van der Waals surface area contributed by atoms with Crippen molar-refractivity contribution in [1.29, 1.82) is 0 Å². The Morgan fingerprint density at radius 1 is 1.16 bits per heavy atom. The molecule has 2 aromatic heterocycles. The summed E-state index contributed by atoms with van der Waals surface area (Å²) < 4.78 is 21.3. The second kappa shape index (κ2) is 7.82. The molecule has 9 heteroatoms. The van der Waals surface area contributed by atoms with Crippen LogP contribution in [0, 0.1) is 5.82 Å². The number of aromatic nitrogens is 4. The van der Waals surface area contributed by atoms with Gasteiger partial charge in [0.2, 0.25) is 11.9 Å². The summed E-state index contributed by atoms with van der Waals surface area (Å²) in [5.41, 5.74) is 1.43. The van der Waals surface area contributed by atoms with Gasteiger partial charge in [-0.3, -0.25) is 4.79 Å². The van der Waals surface area contributed by atoms with Gasteiger partial charge in [-0.25, -0.2) is 14.4 Å². The first-order valence-corrected chi connectivity index (χ1v) is 10.2. The Labute approximate surface area is 177 Å². The van der Waals surface area contributed by atoms with Crippen molar-refractivity contribution in [1.82, 2.24) is 24.9 Å². The number of hydrogen-bond acceptors (Lipinski definition) is 6. The van der Waals surface area contributed by atoms with Crippen molar-refractivity contribution in [3.63, 3.8) is 0 Å². The first kappa shape index (κ1) is 19.2. The van der Waals surface area contributed by atoms with Crippen LogP contribution in [0.15, 0.2) is 42.5 Å². The lowest BCUT2D eigenvalue weighted by Gasteiger charge is -2.16. The van der Waals surface area contributed by atoms with Crippen LogP contribution in [0.4, 0.5) is 10.3 Å². The molecule has 0 radical (unpaired) electrons. The zero-order valence-corrected chi connectivity index (χ0v) is 16.9. The van der Waals surface area contributed by atoms with E-state index in [9.17, 15) is 9.18 Å². The molecule has 1 amide bonds. The van der Waals surface area contributed by atoms with Gasteiger partial charge < -0.3 is 15.4 Å². The molecule has 1 aliphatic heterocycles. The normalized spacial score (nSPS) is 16.8. The second-order valence-electron chi connectivity index (χ2n) is 7.45. The van der Waals surface area contributed by atoms with Gasteiger partial charge in [-0.2, -0.15) is 4.52 Å². The number of carbonyl (C=O) groups is 1. The zero-order valence-electron chi connectivity index (χ0n) is 16.9. The van der Waals surface area contributed by atoms with Crippen molar-refractivity contribution in [2.45, 2.75) is 25.3 Å². The average molecular weight is 420 g/mol. The van der Waals surface area contributed by atoms with Crippen LogP contribution >= 0.6 is 0 Å². The third kappa shape index (κ3) is 3.52. The van der Waals surface area contributed by atoms with Crippen LogP contribution in [-0.2, 0) is 4.79 Å². The Morgan fingerprint density at radius 3 is 2.81 bits per heavy atom. The van der Waals surface area contributed by atoms with Gasteiger partial charge in [-0.15, -0.1) is 5.10 Å². The summed E-state index contributed by atoms with van der Waals surface area (Å²) in [6.07, 6.45) is 2.48. The Balaban J connectivity index is 1.66. The maximum atomic E-state index is 14.6. The van der Waals surface area contributed by atoms with Crippen LogP contribution in [0.5, 0.6) is 5.75 Å². The molecule has 158 valence electrons. The lowest BCUT2D eigenvalue weighted by Crippen LogP contribution is -2.38. The van der Waals surface area contributed by atoms with Crippen molar-refractivity contribution in [2.24, 2.45) is 0 Å². The van der Waals surface area contributed by atoms with Crippen molar-refractivity contribution >= 4 is 28.4 Å². The van der Waals surface area contributed by atoms with Gasteiger partial charge in [0.25, 0.3) is 0 Å². The topological polar surface area (TPSA) is 93.4 Å².